The summed E-state index contributed by atoms with van der Waals surface area (Å²) in [6, 6.07) is 7.99. The number of hydrogen-bond donors (Lipinski definition) is 4. The van der Waals surface area contributed by atoms with E-state index in [0.29, 0.717) is 25.6 Å². The Morgan fingerprint density at radius 3 is 2.67 bits per heavy atom. The Morgan fingerprint density at radius 2 is 2.00 bits per heavy atom. The lowest BCUT2D eigenvalue weighted by Crippen LogP contribution is -2.42. The predicted octanol–water partition coefficient (Wildman–Crippen LogP) is 1.66. The van der Waals surface area contributed by atoms with Crippen molar-refractivity contribution in [1.82, 2.24) is 31.1 Å². The van der Waals surface area contributed by atoms with E-state index in [0.717, 1.165) is 17.0 Å². The largest absolute Gasteiger partial charge is 0.444 e. The molecule has 2 rings (SSSR count). The SMILES string of the molecule is CN=C(NCCNC(=O)OC(C)(C)C)NCc1cccc(-c2ncn[nH]2)c1. The fourth-order valence-electron chi connectivity index (χ4n) is 2.24. The van der Waals surface area contributed by atoms with Crippen LogP contribution in [0.5, 0.6) is 0 Å². The topological polar surface area (TPSA) is 116 Å². The first kappa shape index (κ1) is 20.2. The molecule has 0 aliphatic rings. The van der Waals surface area contributed by atoms with Crippen molar-refractivity contribution in [2.45, 2.75) is 32.9 Å². The summed E-state index contributed by atoms with van der Waals surface area (Å²) in [5.74, 6) is 1.37. The summed E-state index contributed by atoms with van der Waals surface area (Å²) in [6.07, 6.45) is 1.05. The van der Waals surface area contributed by atoms with Crippen LogP contribution < -0.4 is 16.0 Å². The standard InChI is InChI=1S/C18H27N7O2/c1-18(2,3)27-17(26)21-9-8-20-16(19-4)22-11-13-6-5-7-14(10-13)15-23-12-24-25-15/h5-7,10,12H,8-9,11H2,1-4H3,(H,21,26)(H2,19,20,22)(H,23,24,25). The lowest BCUT2D eigenvalue weighted by Gasteiger charge is -2.20. The molecule has 0 saturated carbocycles. The Bertz CT molecular complexity index is 751. The summed E-state index contributed by atoms with van der Waals surface area (Å²) >= 11 is 0. The molecule has 0 fully saturated rings. The summed E-state index contributed by atoms with van der Waals surface area (Å²) in [5, 5.41) is 15.8. The second-order valence-electron chi connectivity index (χ2n) is 6.82. The van der Waals surface area contributed by atoms with Crippen LogP contribution >= 0.6 is 0 Å². The predicted molar refractivity (Wildman–Crippen MR) is 104 cm³/mol. The summed E-state index contributed by atoms with van der Waals surface area (Å²) in [5.41, 5.74) is 1.55. The smallest absolute Gasteiger partial charge is 0.407 e. The Hall–Kier alpha value is -3.10. The van der Waals surface area contributed by atoms with Crippen LogP contribution in [0.25, 0.3) is 11.4 Å². The van der Waals surface area contributed by atoms with Gasteiger partial charge in [-0.1, -0.05) is 18.2 Å². The van der Waals surface area contributed by atoms with Gasteiger partial charge in [-0.05, 0) is 32.4 Å². The average Bonchev–Trinajstić information content (AvgIpc) is 3.14. The number of guanidine groups is 1. The van der Waals surface area contributed by atoms with Crippen molar-refractivity contribution in [3.8, 4) is 11.4 Å². The van der Waals surface area contributed by atoms with Crippen LogP contribution in [0, 0.1) is 0 Å². The second-order valence-corrected chi connectivity index (χ2v) is 6.82. The number of H-pyrrole nitrogens is 1. The third-order valence-electron chi connectivity index (χ3n) is 3.38. The van der Waals surface area contributed by atoms with E-state index >= 15 is 0 Å². The number of amides is 1. The van der Waals surface area contributed by atoms with Gasteiger partial charge >= 0.3 is 6.09 Å². The van der Waals surface area contributed by atoms with Gasteiger partial charge in [0.2, 0.25) is 0 Å². The number of hydrogen-bond acceptors (Lipinski definition) is 5. The summed E-state index contributed by atoms with van der Waals surface area (Å²) in [4.78, 5) is 19.9. The Labute approximate surface area is 159 Å². The monoisotopic (exact) mass is 373 g/mol. The number of alkyl carbamates (subject to hydrolysis) is 1. The lowest BCUT2D eigenvalue weighted by atomic mass is 10.1. The van der Waals surface area contributed by atoms with Crippen LogP contribution in [-0.2, 0) is 11.3 Å². The molecule has 4 N–H and O–H groups in total. The van der Waals surface area contributed by atoms with E-state index in [2.05, 4.69) is 36.1 Å². The van der Waals surface area contributed by atoms with E-state index in [1.807, 2.05) is 45.0 Å². The molecule has 146 valence electrons. The Balaban J connectivity index is 1.74. The molecule has 1 heterocycles. The minimum atomic E-state index is -0.505. The van der Waals surface area contributed by atoms with Gasteiger partial charge in [0.05, 0.1) is 0 Å². The number of carbonyl (C=O) groups is 1. The summed E-state index contributed by atoms with van der Waals surface area (Å²) in [7, 11) is 1.70. The molecule has 0 saturated heterocycles. The third kappa shape index (κ3) is 7.35. The molecule has 9 nitrogen and oxygen atoms in total. The highest BCUT2D eigenvalue weighted by Crippen LogP contribution is 2.15. The highest BCUT2D eigenvalue weighted by atomic mass is 16.6. The van der Waals surface area contributed by atoms with Gasteiger partial charge in [0.15, 0.2) is 11.8 Å². The molecular weight excluding hydrogens is 346 g/mol. The third-order valence-corrected chi connectivity index (χ3v) is 3.38. The first-order valence-corrected chi connectivity index (χ1v) is 8.73. The maximum atomic E-state index is 11.6. The van der Waals surface area contributed by atoms with E-state index in [1.54, 1.807) is 7.05 Å². The minimum absolute atomic E-state index is 0.427. The molecule has 2 aromatic rings. The minimum Gasteiger partial charge on any atom is -0.444 e. The lowest BCUT2D eigenvalue weighted by molar-refractivity contribution is 0.0529. The second kappa shape index (κ2) is 9.56. The van der Waals surface area contributed by atoms with Crippen molar-refractivity contribution in [1.29, 1.82) is 0 Å². The number of ether oxygens (including phenoxy) is 1. The van der Waals surface area contributed by atoms with Crippen LogP contribution in [0.3, 0.4) is 0 Å². The molecule has 0 atom stereocenters. The number of aliphatic imine (C=N–C) groups is 1. The number of aromatic nitrogens is 3. The molecule has 0 aliphatic carbocycles. The molecular formula is C18H27N7O2. The summed E-state index contributed by atoms with van der Waals surface area (Å²) in [6.45, 7) is 7.03. The normalized spacial score (nSPS) is 11.8. The van der Waals surface area contributed by atoms with E-state index in [9.17, 15) is 4.79 Å². The van der Waals surface area contributed by atoms with Crippen molar-refractivity contribution < 1.29 is 9.53 Å². The molecule has 0 spiro atoms. The molecule has 0 radical (unpaired) electrons. The van der Waals surface area contributed by atoms with E-state index in [-0.39, 0.29) is 0 Å². The van der Waals surface area contributed by atoms with Crippen LogP contribution in [-0.4, -0.2) is 53.0 Å². The molecule has 1 aromatic heterocycles. The van der Waals surface area contributed by atoms with Crippen LogP contribution in [0.1, 0.15) is 26.3 Å². The van der Waals surface area contributed by atoms with Gasteiger partial charge in [-0.15, -0.1) is 0 Å². The van der Waals surface area contributed by atoms with Gasteiger partial charge in [0.25, 0.3) is 0 Å². The molecule has 27 heavy (non-hydrogen) atoms. The average molecular weight is 373 g/mol. The first-order chi connectivity index (χ1) is 12.9. The van der Waals surface area contributed by atoms with Gasteiger partial charge in [-0.3, -0.25) is 10.1 Å². The number of rotatable bonds is 6. The Morgan fingerprint density at radius 1 is 1.22 bits per heavy atom. The number of aromatic amines is 1. The molecule has 0 bridgehead atoms. The highest BCUT2D eigenvalue weighted by Gasteiger charge is 2.15. The molecule has 0 unspecified atom stereocenters. The first-order valence-electron chi connectivity index (χ1n) is 8.73. The van der Waals surface area contributed by atoms with Crippen LogP contribution in [0.4, 0.5) is 4.79 Å². The quantitative estimate of drug-likeness (QED) is 0.348. The number of nitrogens with zero attached hydrogens (tertiary/aromatic N) is 3. The maximum absolute atomic E-state index is 11.6. The van der Waals surface area contributed by atoms with Gasteiger partial charge in [0.1, 0.15) is 11.9 Å². The van der Waals surface area contributed by atoms with E-state index in [4.69, 9.17) is 4.74 Å². The molecule has 1 amide bonds. The molecule has 9 heteroatoms. The van der Waals surface area contributed by atoms with Crippen LogP contribution in [0.15, 0.2) is 35.6 Å². The van der Waals surface area contributed by atoms with Crippen LogP contribution in [0.2, 0.25) is 0 Å². The van der Waals surface area contributed by atoms with Crippen molar-refractivity contribution in [3.63, 3.8) is 0 Å². The van der Waals surface area contributed by atoms with Gasteiger partial charge in [-0.25, -0.2) is 9.78 Å². The highest BCUT2D eigenvalue weighted by molar-refractivity contribution is 5.79. The van der Waals surface area contributed by atoms with Crippen molar-refractivity contribution in [2.24, 2.45) is 4.99 Å². The maximum Gasteiger partial charge on any atom is 0.407 e. The number of carbonyl (C=O) groups excluding carboxylic acids is 1. The van der Waals surface area contributed by atoms with Gasteiger partial charge < -0.3 is 20.7 Å². The molecule has 1 aromatic carbocycles. The Kier molecular flexibility index (Phi) is 7.16. The molecule has 0 aliphatic heterocycles. The zero-order chi connectivity index (χ0) is 19.7. The van der Waals surface area contributed by atoms with E-state index in [1.165, 1.54) is 6.33 Å². The van der Waals surface area contributed by atoms with Gasteiger partial charge in [0, 0.05) is 32.2 Å². The zero-order valence-corrected chi connectivity index (χ0v) is 16.2. The van der Waals surface area contributed by atoms with Gasteiger partial charge in [-0.2, -0.15) is 5.10 Å². The number of benzene rings is 1. The fraction of sp³-hybridized carbons (Fsp3) is 0.444. The number of nitrogens with one attached hydrogen (secondary N) is 4. The summed E-state index contributed by atoms with van der Waals surface area (Å²) < 4.78 is 5.18. The van der Waals surface area contributed by atoms with Crippen molar-refractivity contribution >= 4 is 12.1 Å². The fourth-order valence-corrected chi connectivity index (χ4v) is 2.24. The van der Waals surface area contributed by atoms with Crippen molar-refractivity contribution in [2.75, 3.05) is 20.1 Å². The van der Waals surface area contributed by atoms with E-state index < -0.39 is 11.7 Å². The zero-order valence-electron chi connectivity index (χ0n) is 16.2. The van der Waals surface area contributed by atoms with Crippen molar-refractivity contribution in [3.05, 3.63) is 36.2 Å².